The number of anilines is 1. The maximum absolute atomic E-state index is 13.2. The van der Waals surface area contributed by atoms with Crippen LogP contribution in [0.5, 0.6) is 0 Å². The van der Waals surface area contributed by atoms with Gasteiger partial charge in [0.05, 0.1) is 18.1 Å². The van der Waals surface area contributed by atoms with Crippen molar-refractivity contribution in [3.63, 3.8) is 0 Å². The van der Waals surface area contributed by atoms with Gasteiger partial charge in [0.1, 0.15) is 0 Å². The van der Waals surface area contributed by atoms with Gasteiger partial charge in [0.25, 0.3) is 0 Å². The van der Waals surface area contributed by atoms with E-state index < -0.39 is 16.2 Å². The van der Waals surface area contributed by atoms with Crippen molar-refractivity contribution in [2.24, 2.45) is 11.8 Å². The first kappa shape index (κ1) is 22.5. The minimum atomic E-state index is -3.41. The lowest BCUT2D eigenvalue weighted by Crippen LogP contribution is -2.56. The van der Waals surface area contributed by atoms with Crippen LogP contribution >= 0.6 is 0 Å². The van der Waals surface area contributed by atoms with Crippen molar-refractivity contribution in [3.8, 4) is 0 Å². The summed E-state index contributed by atoms with van der Waals surface area (Å²) in [5.74, 6) is 0.790. The maximum Gasteiger partial charge on any atom is 0.198 e. The van der Waals surface area contributed by atoms with Gasteiger partial charge in [-0.1, -0.05) is 19.9 Å². The largest absolute Gasteiger partial charge is 0.392 e. The first-order valence-corrected chi connectivity index (χ1v) is 12.3. The molecule has 2 aliphatic heterocycles. The minimum Gasteiger partial charge on any atom is -0.392 e. The van der Waals surface area contributed by atoms with E-state index in [0.717, 1.165) is 38.3 Å². The number of aliphatic hydroxyl groups excluding tert-OH is 1. The maximum atomic E-state index is 13.2. The summed E-state index contributed by atoms with van der Waals surface area (Å²) in [4.78, 5) is 4.90. The van der Waals surface area contributed by atoms with Crippen LogP contribution in [-0.4, -0.2) is 69.9 Å². The molecule has 2 aliphatic rings. The number of ether oxygens (including phenoxy) is 1. The molecule has 1 N–H and O–H groups in total. The number of halogens is 1. The van der Waals surface area contributed by atoms with Gasteiger partial charge in [0.15, 0.2) is 16.2 Å². The van der Waals surface area contributed by atoms with Crippen LogP contribution in [0.15, 0.2) is 23.1 Å². The molecule has 3 rings (SSSR count). The zero-order valence-electron chi connectivity index (χ0n) is 17.6. The highest BCUT2D eigenvalue weighted by Crippen LogP contribution is 2.29. The molecule has 0 saturated carbocycles. The quantitative estimate of drug-likeness (QED) is 0.751. The molecule has 2 fully saturated rings. The third-order valence-corrected chi connectivity index (χ3v) is 7.28. The van der Waals surface area contributed by atoms with E-state index in [1.807, 2.05) is 6.07 Å². The third kappa shape index (κ3) is 5.48. The summed E-state index contributed by atoms with van der Waals surface area (Å²) in [6, 6.07) is 5.61. The molecular formula is C21H33FN2O4S. The Kier molecular flexibility index (Phi) is 7.19. The Morgan fingerprint density at radius 3 is 2.62 bits per heavy atom. The molecule has 0 bridgehead atoms. The predicted octanol–water partition coefficient (Wildman–Crippen LogP) is 2.45. The van der Waals surface area contributed by atoms with Crippen molar-refractivity contribution in [2.75, 3.05) is 43.9 Å². The minimum absolute atomic E-state index is 0.196. The molecule has 0 radical (unpaired) electrons. The number of aliphatic hydroxyl groups is 1. The van der Waals surface area contributed by atoms with Gasteiger partial charge in [-0.2, -0.15) is 0 Å². The van der Waals surface area contributed by atoms with Gasteiger partial charge in [-0.05, 0) is 36.0 Å². The summed E-state index contributed by atoms with van der Waals surface area (Å²) in [5, 5.41) is 9.49. The van der Waals surface area contributed by atoms with Gasteiger partial charge < -0.3 is 14.7 Å². The van der Waals surface area contributed by atoms with Gasteiger partial charge in [-0.25, -0.2) is 12.8 Å². The number of nitrogens with zero attached hydrogens (tertiary/aromatic N) is 2. The van der Waals surface area contributed by atoms with Crippen molar-refractivity contribution in [1.82, 2.24) is 4.90 Å². The summed E-state index contributed by atoms with van der Waals surface area (Å²) in [6.07, 6.45) is 1.39. The van der Waals surface area contributed by atoms with Crippen LogP contribution in [0.4, 0.5) is 10.1 Å². The second-order valence-corrected chi connectivity index (χ2v) is 10.6. The SMILES string of the molecule is CC(C)[C@H]1CN(c2ccc(CO)c(S(C)(=O)=O)c2)CCN1C[C@H]1CCC(F)OC1. The Morgan fingerprint density at radius 2 is 2.03 bits per heavy atom. The van der Waals surface area contributed by atoms with Gasteiger partial charge >= 0.3 is 0 Å². The van der Waals surface area contributed by atoms with Crippen molar-refractivity contribution < 1.29 is 22.7 Å². The first-order chi connectivity index (χ1) is 13.7. The van der Waals surface area contributed by atoms with Gasteiger partial charge in [-0.3, -0.25) is 4.90 Å². The van der Waals surface area contributed by atoms with Crippen LogP contribution in [-0.2, 0) is 21.2 Å². The average Bonchev–Trinajstić information content (AvgIpc) is 2.68. The van der Waals surface area contributed by atoms with Gasteiger partial charge in [0.2, 0.25) is 0 Å². The summed E-state index contributed by atoms with van der Waals surface area (Å²) in [5.41, 5.74) is 1.30. The molecule has 1 unspecified atom stereocenters. The molecule has 1 aromatic rings. The second kappa shape index (κ2) is 9.29. The molecule has 0 aliphatic carbocycles. The number of sulfone groups is 1. The molecule has 0 amide bonds. The van der Waals surface area contributed by atoms with E-state index in [0.29, 0.717) is 36.5 Å². The molecule has 0 aromatic heterocycles. The number of hydrogen-bond donors (Lipinski definition) is 1. The number of hydrogen-bond acceptors (Lipinski definition) is 6. The number of benzene rings is 1. The standard InChI is InChI=1S/C21H33FN2O4S/c1-15(2)19-12-23(8-9-24(19)11-16-4-7-21(22)28-14-16)18-6-5-17(13-25)20(10-18)29(3,26)27/h5-6,10,15-16,19,21,25H,4,7-9,11-14H2,1-3H3/t16-,19-,21?/m1/s1. The molecule has 29 heavy (non-hydrogen) atoms. The van der Waals surface area contributed by atoms with Crippen molar-refractivity contribution >= 4 is 15.5 Å². The van der Waals surface area contributed by atoms with Crippen molar-refractivity contribution in [3.05, 3.63) is 23.8 Å². The van der Waals surface area contributed by atoms with Crippen molar-refractivity contribution in [2.45, 2.75) is 50.6 Å². The Balaban J connectivity index is 1.74. The average molecular weight is 429 g/mol. The van der Waals surface area contributed by atoms with E-state index in [9.17, 15) is 17.9 Å². The summed E-state index contributed by atoms with van der Waals surface area (Å²) >= 11 is 0. The number of rotatable bonds is 6. The summed E-state index contributed by atoms with van der Waals surface area (Å²) in [6.45, 7) is 7.96. The first-order valence-electron chi connectivity index (χ1n) is 10.4. The normalized spacial score (nSPS) is 26.8. The van der Waals surface area contributed by atoms with Crippen LogP contribution < -0.4 is 4.90 Å². The molecule has 3 atom stereocenters. The molecular weight excluding hydrogens is 395 g/mol. The zero-order valence-corrected chi connectivity index (χ0v) is 18.4. The Morgan fingerprint density at radius 1 is 1.28 bits per heavy atom. The fraction of sp³-hybridized carbons (Fsp3) is 0.714. The van der Waals surface area contributed by atoms with E-state index in [1.165, 1.54) is 6.26 Å². The number of piperazine rings is 1. The zero-order chi connectivity index (χ0) is 21.2. The van der Waals surface area contributed by atoms with Crippen LogP contribution in [0.3, 0.4) is 0 Å². The lowest BCUT2D eigenvalue weighted by molar-refractivity contribution is -0.0964. The van der Waals surface area contributed by atoms with E-state index in [2.05, 4.69) is 23.6 Å². The predicted molar refractivity (Wildman–Crippen MR) is 111 cm³/mol. The smallest absolute Gasteiger partial charge is 0.198 e. The fourth-order valence-corrected chi connectivity index (χ4v) is 5.35. The fourth-order valence-electron chi connectivity index (χ4n) is 4.41. The van der Waals surface area contributed by atoms with Crippen LogP contribution in [0.1, 0.15) is 32.3 Å². The Bertz CT molecular complexity index is 794. The van der Waals surface area contributed by atoms with Crippen LogP contribution in [0.25, 0.3) is 0 Å². The van der Waals surface area contributed by atoms with Gasteiger partial charge in [-0.15, -0.1) is 0 Å². The van der Waals surface area contributed by atoms with E-state index in [4.69, 9.17) is 4.74 Å². The van der Waals surface area contributed by atoms with Crippen LogP contribution in [0.2, 0.25) is 0 Å². The topological polar surface area (TPSA) is 70.1 Å². The monoisotopic (exact) mass is 428 g/mol. The molecule has 6 nitrogen and oxygen atoms in total. The molecule has 2 heterocycles. The molecule has 164 valence electrons. The van der Waals surface area contributed by atoms with E-state index in [-0.39, 0.29) is 11.5 Å². The highest BCUT2D eigenvalue weighted by molar-refractivity contribution is 7.90. The molecule has 8 heteroatoms. The number of alkyl halides is 1. The highest BCUT2D eigenvalue weighted by atomic mass is 32.2. The van der Waals surface area contributed by atoms with E-state index in [1.54, 1.807) is 12.1 Å². The lowest BCUT2D eigenvalue weighted by atomic mass is 9.95. The summed E-state index contributed by atoms with van der Waals surface area (Å²) in [7, 11) is -3.41. The summed E-state index contributed by atoms with van der Waals surface area (Å²) < 4.78 is 42.7. The van der Waals surface area contributed by atoms with Crippen molar-refractivity contribution in [1.29, 1.82) is 0 Å². The Labute approximate surface area is 173 Å². The van der Waals surface area contributed by atoms with Gasteiger partial charge in [0, 0.05) is 50.6 Å². The molecule has 2 saturated heterocycles. The second-order valence-electron chi connectivity index (χ2n) is 8.66. The third-order valence-electron chi connectivity index (χ3n) is 6.10. The Hall–Kier alpha value is -1.22. The molecule has 0 spiro atoms. The van der Waals surface area contributed by atoms with E-state index >= 15 is 0 Å². The highest BCUT2D eigenvalue weighted by Gasteiger charge is 2.32. The molecule has 1 aromatic carbocycles. The van der Waals surface area contributed by atoms with Crippen LogP contribution in [0, 0.1) is 11.8 Å². The lowest BCUT2D eigenvalue weighted by Gasteiger charge is -2.46.